The second kappa shape index (κ2) is 8.60. The first-order chi connectivity index (χ1) is 10.1. The lowest BCUT2D eigenvalue weighted by molar-refractivity contribution is -2.00. The Bertz CT molecular complexity index is 530. The minimum Gasteiger partial charge on any atom is -0.294 e. The van der Waals surface area contributed by atoms with Crippen molar-refractivity contribution in [2.75, 3.05) is 0 Å². The predicted octanol–water partition coefficient (Wildman–Crippen LogP) is -3.26. The molecule has 22 heavy (non-hydrogen) atoms. The number of nitrogens with two attached hydrogens (primary N) is 1. The SMILES string of the molecule is N=C1[NH2+]C(=N)SC(CC(=O)c2ccccc2)S1.[O-][Cl+3]([O-])([O-])[O-]. The summed E-state index contributed by atoms with van der Waals surface area (Å²) in [5, 5.41) is 17.3. The van der Waals surface area contributed by atoms with Crippen molar-refractivity contribution in [1.29, 1.82) is 10.8 Å². The smallest absolute Gasteiger partial charge is 0.260 e. The normalized spacial score (nSPS) is 18.5. The molecule has 0 spiro atoms. The third kappa shape index (κ3) is 8.46. The molecule has 1 aromatic carbocycles. The van der Waals surface area contributed by atoms with Crippen LogP contribution in [-0.2, 0) is 0 Å². The molecule has 0 bridgehead atoms. The Morgan fingerprint density at radius 1 is 1.09 bits per heavy atom. The largest absolute Gasteiger partial charge is 0.294 e. The summed E-state index contributed by atoms with van der Waals surface area (Å²) < 4.78 is 33.9. The van der Waals surface area contributed by atoms with Crippen LogP contribution >= 0.6 is 23.5 Å². The molecular weight excluding hydrogens is 354 g/mol. The summed E-state index contributed by atoms with van der Waals surface area (Å²) in [6.45, 7) is 0. The highest BCUT2D eigenvalue weighted by atomic mass is 35.7. The van der Waals surface area contributed by atoms with Gasteiger partial charge in [0, 0.05) is 12.0 Å². The Hall–Kier alpha value is -0.980. The predicted molar refractivity (Wildman–Crippen MR) is 71.7 cm³/mol. The fourth-order valence-corrected chi connectivity index (χ4v) is 3.77. The minimum absolute atomic E-state index is 0.0484. The van der Waals surface area contributed by atoms with Gasteiger partial charge in [0.2, 0.25) is 0 Å². The lowest BCUT2D eigenvalue weighted by atomic mass is 10.1. The van der Waals surface area contributed by atoms with Crippen LogP contribution in [0, 0.1) is 21.1 Å². The molecule has 11 heteroatoms. The van der Waals surface area contributed by atoms with E-state index in [1.54, 1.807) is 12.1 Å². The van der Waals surface area contributed by atoms with E-state index in [-0.39, 0.29) is 10.4 Å². The Morgan fingerprint density at radius 3 is 2.00 bits per heavy atom. The van der Waals surface area contributed by atoms with Crippen LogP contribution < -0.4 is 24.0 Å². The van der Waals surface area contributed by atoms with Gasteiger partial charge in [-0.1, -0.05) is 30.3 Å². The number of Topliss-reactive ketones (excluding diaryl/α,β-unsaturated/α-hetero) is 1. The van der Waals surface area contributed by atoms with Gasteiger partial charge >= 0.3 is 0 Å². The van der Waals surface area contributed by atoms with E-state index in [0.29, 0.717) is 22.3 Å². The Morgan fingerprint density at radius 2 is 1.55 bits per heavy atom. The fraction of sp³-hybridized carbons (Fsp3) is 0.182. The number of amidine groups is 2. The van der Waals surface area contributed by atoms with Crippen LogP contribution in [-0.4, -0.2) is 20.7 Å². The van der Waals surface area contributed by atoms with Gasteiger partial charge in [-0.05, 0) is 23.5 Å². The van der Waals surface area contributed by atoms with Crippen LogP contribution in [0.25, 0.3) is 0 Å². The van der Waals surface area contributed by atoms with Crippen LogP contribution in [0.5, 0.6) is 0 Å². The van der Waals surface area contributed by atoms with E-state index < -0.39 is 10.2 Å². The van der Waals surface area contributed by atoms with Gasteiger partial charge in [-0.3, -0.25) is 4.79 Å². The Labute approximate surface area is 136 Å². The molecule has 1 aliphatic rings. The van der Waals surface area contributed by atoms with Crippen molar-refractivity contribution in [2.24, 2.45) is 0 Å². The second-order valence-electron chi connectivity index (χ2n) is 3.91. The molecule has 1 heterocycles. The summed E-state index contributed by atoms with van der Waals surface area (Å²) in [6, 6.07) is 9.15. The van der Waals surface area contributed by atoms with Crippen molar-refractivity contribution in [1.82, 2.24) is 0 Å². The zero-order chi connectivity index (χ0) is 16.8. The molecule has 1 fully saturated rings. The summed E-state index contributed by atoms with van der Waals surface area (Å²) in [5.74, 6) is 0.0677. The second-order valence-corrected chi connectivity index (χ2v) is 7.45. The summed E-state index contributed by atoms with van der Waals surface area (Å²) in [4.78, 5) is 11.9. The van der Waals surface area contributed by atoms with E-state index in [4.69, 9.17) is 29.5 Å². The molecular formula is C11H12ClN3O5S2. The van der Waals surface area contributed by atoms with Gasteiger partial charge in [0.15, 0.2) is 5.78 Å². The monoisotopic (exact) mass is 365 g/mol. The van der Waals surface area contributed by atoms with Crippen molar-refractivity contribution < 1.29 is 39.0 Å². The van der Waals surface area contributed by atoms with E-state index in [1.165, 1.54) is 28.8 Å². The first-order valence-corrected chi connectivity index (χ1v) is 8.69. The van der Waals surface area contributed by atoms with Gasteiger partial charge in [0.1, 0.15) is 0 Å². The quantitative estimate of drug-likeness (QED) is 0.471. The molecule has 1 saturated heterocycles. The van der Waals surface area contributed by atoms with Crippen molar-refractivity contribution in [2.45, 2.75) is 11.0 Å². The zero-order valence-corrected chi connectivity index (χ0v) is 13.4. The molecule has 2 rings (SSSR count). The highest BCUT2D eigenvalue weighted by molar-refractivity contribution is 8.30. The molecule has 0 amide bonds. The molecule has 0 atom stereocenters. The van der Waals surface area contributed by atoms with E-state index in [1.807, 2.05) is 18.2 Å². The number of thioether (sulfide) groups is 2. The van der Waals surface area contributed by atoms with Crippen molar-refractivity contribution in [3.63, 3.8) is 0 Å². The Balaban J connectivity index is 0.000000422. The maximum atomic E-state index is 11.9. The molecule has 0 unspecified atom stereocenters. The summed E-state index contributed by atoms with van der Waals surface area (Å²) in [7, 11) is -4.94. The lowest BCUT2D eigenvalue weighted by Gasteiger charge is -2.17. The molecule has 0 radical (unpaired) electrons. The number of carbonyl (C=O) groups excluding carboxylic acids is 1. The number of ketones is 1. The van der Waals surface area contributed by atoms with Gasteiger partial charge in [0.25, 0.3) is 10.3 Å². The molecule has 1 aliphatic heterocycles. The fourth-order valence-electron chi connectivity index (χ4n) is 1.47. The number of hydrogen-bond donors (Lipinski definition) is 3. The van der Waals surface area contributed by atoms with Gasteiger partial charge in [0.05, 0.1) is 4.58 Å². The van der Waals surface area contributed by atoms with Gasteiger partial charge < -0.3 is 0 Å². The number of rotatable bonds is 3. The van der Waals surface area contributed by atoms with E-state index in [2.05, 4.69) is 0 Å². The first-order valence-electron chi connectivity index (χ1n) is 5.70. The third-order valence-electron chi connectivity index (χ3n) is 2.23. The highest BCUT2D eigenvalue weighted by Crippen LogP contribution is 2.29. The summed E-state index contributed by atoms with van der Waals surface area (Å²) >= 11 is 2.68. The average molecular weight is 366 g/mol. The lowest BCUT2D eigenvalue weighted by Crippen LogP contribution is -2.91. The molecule has 8 nitrogen and oxygen atoms in total. The minimum atomic E-state index is -4.94. The number of halogens is 1. The van der Waals surface area contributed by atoms with Crippen molar-refractivity contribution >= 4 is 39.6 Å². The zero-order valence-electron chi connectivity index (χ0n) is 11.0. The van der Waals surface area contributed by atoms with E-state index in [9.17, 15) is 4.79 Å². The van der Waals surface area contributed by atoms with E-state index in [0.717, 1.165) is 0 Å². The van der Waals surface area contributed by atoms with Crippen LogP contribution in [0.2, 0.25) is 0 Å². The van der Waals surface area contributed by atoms with Gasteiger partial charge in [-0.2, -0.15) is 0 Å². The summed E-state index contributed by atoms with van der Waals surface area (Å²) in [5.41, 5.74) is 0.696. The van der Waals surface area contributed by atoms with Crippen LogP contribution in [0.3, 0.4) is 0 Å². The molecule has 0 aliphatic carbocycles. The van der Waals surface area contributed by atoms with E-state index >= 15 is 0 Å². The maximum absolute atomic E-state index is 11.9. The maximum Gasteiger partial charge on any atom is 0.260 e. The summed E-state index contributed by atoms with van der Waals surface area (Å²) in [6.07, 6.45) is 0.359. The van der Waals surface area contributed by atoms with Crippen LogP contribution in [0.4, 0.5) is 0 Å². The first kappa shape index (κ1) is 19.1. The number of quaternary nitrogens is 1. The number of benzene rings is 1. The molecule has 0 saturated carbocycles. The topological polar surface area (TPSA) is 174 Å². The van der Waals surface area contributed by atoms with Gasteiger partial charge in [-0.25, -0.2) is 34.8 Å². The van der Waals surface area contributed by atoms with Crippen LogP contribution in [0.15, 0.2) is 30.3 Å². The van der Waals surface area contributed by atoms with Crippen molar-refractivity contribution in [3.05, 3.63) is 35.9 Å². The number of nitrogens with one attached hydrogen (secondary N) is 2. The van der Waals surface area contributed by atoms with Gasteiger partial charge in [-0.15, -0.1) is 10.2 Å². The molecule has 4 N–H and O–H groups in total. The average Bonchev–Trinajstić information content (AvgIpc) is 2.36. The molecule has 1 aromatic rings. The number of hydrogen-bond acceptors (Lipinski definition) is 9. The molecule has 120 valence electrons. The van der Waals surface area contributed by atoms with Crippen molar-refractivity contribution in [3.8, 4) is 0 Å². The highest BCUT2D eigenvalue weighted by Gasteiger charge is 2.28. The standard InChI is InChI=1S/C11H11N3OS2.ClHO4/c12-10-14-11(13)17-9(16-10)6-8(15)7-4-2-1-3-5-7;2-1(3,4)5/h1-5,9H,6H2,(H3,12,13,14);(H,2,3,4,5). The third-order valence-corrected chi connectivity index (χ3v) is 4.41. The number of carbonyl (C=O) groups is 1. The van der Waals surface area contributed by atoms with Crippen LogP contribution in [0.1, 0.15) is 16.8 Å². The molecule has 0 aromatic heterocycles. The Kier molecular flexibility index (Phi) is 7.45.